The summed E-state index contributed by atoms with van der Waals surface area (Å²) in [5.74, 6) is 0. The van der Waals surface area contributed by atoms with Crippen LogP contribution in [0.3, 0.4) is 0 Å². The van der Waals surface area contributed by atoms with Gasteiger partial charge in [0.1, 0.15) is 0 Å². The quantitative estimate of drug-likeness (QED) is 0.530. The molecule has 0 saturated heterocycles. The van der Waals surface area contributed by atoms with Crippen molar-refractivity contribution in [3.05, 3.63) is 18.2 Å². The van der Waals surface area contributed by atoms with Crippen molar-refractivity contribution >= 4 is 21.4 Å². The number of rotatable bonds is 7. The Morgan fingerprint density at radius 2 is 1.95 bits per heavy atom. The summed E-state index contributed by atoms with van der Waals surface area (Å²) in [5.41, 5.74) is 6.25. The van der Waals surface area contributed by atoms with Crippen LogP contribution in [0.5, 0.6) is 0 Å². The Hall–Kier alpha value is -1.48. The fourth-order valence-corrected chi connectivity index (χ4v) is 2.71. The van der Waals surface area contributed by atoms with E-state index < -0.39 is 22.6 Å². The van der Waals surface area contributed by atoms with E-state index in [1.165, 1.54) is 18.2 Å². The van der Waals surface area contributed by atoms with Crippen molar-refractivity contribution in [1.29, 1.82) is 0 Å². The summed E-state index contributed by atoms with van der Waals surface area (Å²) >= 11 is 0. The molecule has 0 radical (unpaired) electrons. The predicted molar refractivity (Wildman–Crippen MR) is 75.5 cm³/mol. The third-order valence-corrected chi connectivity index (χ3v) is 4.17. The third-order valence-electron chi connectivity index (χ3n) is 2.62. The smallest absolute Gasteiger partial charge is 0.389 e. The summed E-state index contributed by atoms with van der Waals surface area (Å²) in [6.45, 7) is 1.93. The number of hydrogen-bond donors (Lipinski definition) is 3. The summed E-state index contributed by atoms with van der Waals surface area (Å²) in [7, 11) is -3.63. The molecule has 1 rings (SSSR count). The van der Waals surface area contributed by atoms with Crippen LogP contribution in [0, 0.1) is 0 Å². The fraction of sp³-hybridized carbons (Fsp3) is 0.500. The van der Waals surface area contributed by atoms with E-state index in [1.807, 2.05) is 0 Å². The average Bonchev–Trinajstić information content (AvgIpc) is 2.35. The van der Waals surface area contributed by atoms with Crippen molar-refractivity contribution in [2.45, 2.75) is 30.8 Å². The van der Waals surface area contributed by atoms with E-state index in [1.54, 1.807) is 6.92 Å². The van der Waals surface area contributed by atoms with Crippen LogP contribution in [-0.4, -0.2) is 27.7 Å². The molecule has 0 fully saturated rings. The lowest BCUT2D eigenvalue weighted by Gasteiger charge is -2.12. The van der Waals surface area contributed by atoms with Crippen LogP contribution in [0.4, 0.5) is 24.5 Å². The molecule has 0 aliphatic rings. The lowest BCUT2D eigenvalue weighted by Crippen LogP contribution is -2.23. The highest BCUT2D eigenvalue weighted by Gasteiger charge is 2.25. The highest BCUT2D eigenvalue weighted by atomic mass is 32.2. The van der Waals surface area contributed by atoms with Crippen LogP contribution in [0.25, 0.3) is 0 Å². The van der Waals surface area contributed by atoms with Crippen LogP contribution >= 0.6 is 0 Å². The second-order valence-corrected chi connectivity index (χ2v) is 6.16. The Morgan fingerprint density at radius 3 is 2.52 bits per heavy atom. The zero-order valence-corrected chi connectivity index (χ0v) is 12.3. The lowest BCUT2D eigenvalue weighted by atomic mass is 10.2. The first-order valence-electron chi connectivity index (χ1n) is 6.35. The van der Waals surface area contributed by atoms with Crippen LogP contribution in [-0.2, 0) is 10.0 Å². The molecule has 0 bridgehead atoms. The van der Waals surface area contributed by atoms with Crippen molar-refractivity contribution in [3.63, 3.8) is 0 Å². The van der Waals surface area contributed by atoms with Gasteiger partial charge < -0.3 is 11.1 Å². The fourth-order valence-electron chi connectivity index (χ4n) is 1.64. The summed E-state index contributed by atoms with van der Waals surface area (Å²) in [4.78, 5) is 0.0110. The second-order valence-electron chi connectivity index (χ2n) is 4.40. The molecule has 0 amide bonds. The molecule has 120 valence electrons. The van der Waals surface area contributed by atoms with E-state index in [9.17, 15) is 21.6 Å². The molecule has 0 aromatic heterocycles. The monoisotopic (exact) mass is 325 g/mol. The number of alkyl halides is 3. The van der Waals surface area contributed by atoms with Gasteiger partial charge in [-0.3, -0.25) is 0 Å². The molecule has 0 aliphatic carbocycles. The minimum Gasteiger partial charge on any atom is -0.397 e. The van der Waals surface area contributed by atoms with E-state index in [2.05, 4.69) is 10.0 Å². The number of halogens is 3. The molecule has 5 nitrogen and oxygen atoms in total. The molecular formula is C12H18F3N3O2S. The van der Waals surface area contributed by atoms with Crippen molar-refractivity contribution in [3.8, 4) is 0 Å². The Labute approximate surface area is 121 Å². The number of nitrogens with one attached hydrogen (secondary N) is 2. The maximum absolute atomic E-state index is 12.0. The topological polar surface area (TPSA) is 84.2 Å². The highest BCUT2D eigenvalue weighted by Crippen LogP contribution is 2.24. The molecule has 4 N–H and O–H groups in total. The number of anilines is 2. The van der Waals surface area contributed by atoms with Crippen molar-refractivity contribution in [1.82, 2.24) is 4.72 Å². The largest absolute Gasteiger partial charge is 0.397 e. The van der Waals surface area contributed by atoms with Gasteiger partial charge in [0.25, 0.3) is 0 Å². The maximum Gasteiger partial charge on any atom is 0.389 e. The van der Waals surface area contributed by atoms with Crippen LogP contribution in [0.15, 0.2) is 23.1 Å². The first-order chi connectivity index (χ1) is 9.65. The molecule has 0 unspecified atom stereocenters. The van der Waals surface area contributed by atoms with Gasteiger partial charge in [0.05, 0.1) is 16.3 Å². The summed E-state index contributed by atoms with van der Waals surface area (Å²) < 4.78 is 62.1. The lowest BCUT2D eigenvalue weighted by molar-refractivity contribution is -0.134. The van der Waals surface area contributed by atoms with Gasteiger partial charge in [0, 0.05) is 19.5 Å². The molecule has 0 aliphatic heterocycles. The van der Waals surface area contributed by atoms with E-state index in [4.69, 9.17) is 5.73 Å². The van der Waals surface area contributed by atoms with Gasteiger partial charge in [0.2, 0.25) is 10.0 Å². The molecule has 0 spiro atoms. The molecule has 1 aromatic carbocycles. The van der Waals surface area contributed by atoms with Gasteiger partial charge >= 0.3 is 6.18 Å². The van der Waals surface area contributed by atoms with Crippen molar-refractivity contribution in [2.75, 3.05) is 24.1 Å². The van der Waals surface area contributed by atoms with E-state index in [-0.39, 0.29) is 30.1 Å². The SMILES string of the molecule is CCNS(=O)(=O)c1ccc(N)c(NCCCC(F)(F)F)c1. The first-order valence-corrected chi connectivity index (χ1v) is 7.84. The van der Waals surface area contributed by atoms with Crippen LogP contribution in [0.1, 0.15) is 19.8 Å². The number of hydrogen-bond acceptors (Lipinski definition) is 4. The summed E-state index contributed by atoms with van der Waals surface area (Å²) in [5, 5.41) is 2.72. The van der Waals surface area contributed by atoms with Crippen LogP contribution < -0.4 is 15.8 Å². The Balaban J connectivity index is 2.75. The predicted octanol–water partition coefficient (Wildman–Crippen LogP) is 2.32. The summed E-state index contributed by atoms with van der Waals surface area (Å²) in [6.07, 6.45) is -5.23. The number of nitrogen functional groups attached to an aromatic ring is 1. The molecule has 0 atom stereocenters. The average molecular weight is 325 g/mol. The Morgan fingerprint density at radius 1 is 1.29 bits per heavy atom. The minimum absolute atomic E-state index is 0.0110. The van der Waals surface area contributed by atoms with Crippen molar-refractivity contribution < 1.29 is 21.6 Å². The van der Waals surface area contributed by atoms with Gasteiger partial charge in [-0.25, -0.2) is 13.1 Å². The van der Waals surface area contributed by atoms with Gasteiger partial charge in [-0.15, -0.1) is 0 Å². The van der Waals surface area contributed by atoms with E-state index >= 15 is 0 Å². The Bertz CT molecular complexity index is 574. The Kier molecular flexibility index (Phi) is 5.85. The number of nitrogens with two attached hydrogens (primary N) is 1. The van der Waals surface area contributed by atoms with E-state index in [0.717, 1.165) is 0 Å². The van der Waals surface area contributed by atoms with Gasteiger partial charge in [-0.1, -0.05) is 6.92 Å². The van der Waals surface area contributed by atoms with E-state index in [0.29, 0.717) is 5.69 Å². The standard InChI is InChI=1S/C12H18F3N3O2S/c1-2-18-21(19,20)9-4-5-10(16)11(8-9)17-7-3-6-12(13,14)15/h4-5,8,17-18H,2-3,6-7,16H2,1H3. The second kappa shape index (κ2) is 6.99. The third kappa shape index (κ3) is 5.80. The number of benzene rings is 1. The van der Waals surface area contributed by atoms with Crippen molar-refractivity contribution in [2.24, 2.45) is 0 Å². The van der Waals surface area contributed by atoms with Gasteiger partial charge in [-0.2, -0.15) is 13.2 Å². The zero-order valence-electron chi connectivity index (χ0n) is 11.5. The highest BCUT2D eigenvalue weighted by molar-refractivity contribution is 7.89. The summed E-state index contributed by atoms with van der Waals surface area (Å²) in [6, 6.07) is 4.05. The zero-order chi connectivity index (χ0) is 16.1. The van der Waals surface area contributed by atoms with Gasteiger partial charge in [-0.05, 0) is 24.6 Å². The molecule has 0 heterocycles. The molecule has 1 aromatic rings. The molecule has 0 saturated carbocycles. The van der Waals surface area contributed by atoms with Gasteiger partial charge in [0.15, 0.2) is 0 Å². The maximum atomic E-state index is 12.0. The molecule has 9 heteroatoms. The minimum atomic E-state index is -4.20. The number of sulfonamides is 1. The van der Waals surface area contributed by atoms with Crippen LogP contribution in [0.2, 0.25) is 0 Å². The molecular weight excluding hydrogens is 307 g/mol. The first kappa shape index (κ1) is 17.6. The normalized spacial score (nSPS) is 12.4. The molecule has 21 heavy (non-hydrogen) atoms.